The van der Waals surface area contributed by atoms with Crippen molar-refractivity contribution in [3.05, 3.63) is 60.3 Å². The predicted octanol–water partition coefficient (Wildman–Crippen LogP) is 3.70. The molecule has 0 amide bonds. The average molecular weight is 362 g/mol. The number of methoxy groups -OCH3 is 1. The van der Waals surface area contributed by atoms with E-state index in [4.69, 9.17) is 4.74 Å². The smallest absolute Gasteiger partial charge is 0.269 e. The quantitative estimate of drug-likeness (QED) is 0.620. The van der Waals surface area contributed by atoms with Gasteiger partial charge in [-0.2, -0.15) is 4.98 Å². The number of allylic oxidation sites excluding steroid dienone is 1. The summed E-state index contributed by atoms with van der Waals surface area (Å²) in [7, 11) is 1.66. The zero-order valence-electron chi connectivity index (χ0n) is 15.5. The van der Waals surface area contributed by atoms with Crippen LogP contribution in [0.2, 0.25) is 0 Å². The molecule has 1 N–H and O–H groups in total. The molecule has 138 valence electrons. The minimum Gasteiger partial charge on any atom is -0.497 e. The van der Waals surface area contributed by atoms with E-state index in [9.17, 15) is 0 Å². The molecule has 0 bridgehead atoms. The van der Waals surface area contributed by atoms with Crippen LogP contribution in [0.25, 0.3) is 5.65 Å². The van der Waals surface area contributed by atoms with E-state index in [1.54, 1.807) is 11.6 Å². The number of anilines is 1. The Balaban J connectivity index is 1.79. The monoisotopic (exact) mass is 362 g/mol. The molecule has 0 aliphatic heterocycles. The second-order valence-corrected chi connectivity index (χ2v) is 5.87. The third-order valence-corrected chi connectivity index (χ3v) is 3.84. The third kappa shape index (κ3) is 4.78. The topological polar surface area (TPSA) is 76.2 Å². The lowest BCUT2D eigenvalue weighted by molar-refractivity contribution is 0.414. The van der Waals surface area contributed by atoms with Crippen molar-refractivity contribution in [2.75, 3.05) is 19.0 Å². The van der Waals surface area contributed by atoms with E-state index in [2.05, 4.69) is 32.1 Å². The molecule has 3 aromatic rings. The van der Waals surface area contributed by atoms with E-state index < -0.39 is 0 Å². The Morgan fingerprint density at radius 1 is 1.33 bits per heavy atom. The van der Waals surface area contributed by atoms with Gasteiger partial charge in [-0.3, -0.25) is 4.99 Å². The molecule has 27 heavy (non-hydrogen) atoms. The van der Waals surface area contributed by atoms with Gasteiger partial charge in [-0.05, 0) is 49.5 Å². The van der Waals surface area contributed by atoms with Crippen molar-refractivity contribution in [1.82, 2.24) is 14.6 Å². The molecule has 0 spiro atoms. The fourth-order valence-electron chi connectivity index (χ4n) is 2.55. The molecule has 0 radical (unpaired) electrons. The van der Waals surface area contributed by atoms with Crippen molar-refractivity contribution in [1.29, 1.82) is 0 Å². The Hall–Kier alpha value is -3.48. The maximum Gasteiger partial charge on any atom is 0.269 e. The molecule has 3 rings (SSSR count). The van der Waals surface area contributed by atoms with Gasteiger partial charge in [0.05, 0.1) is 19.3 Å². The van der Waals surface area contributed by atoms with E-state index >= 15 is 0 Å². The van der Waals surface area contributed by atoms with Crippen molar-refractivity contribution in [2.24, 2.45) is 9.98 Å². The fraction of sp³-hybridized carbons (Fsp3) is 0.200. The summed E-state index contributed by atoms with van der Waals surface area (Å²) in [5, 5.41) is 7.82. The number of nitrogens with one attached hydrogen (secondary N) is 1. The maximum atomic E-state index is 5.27. The molecule has 0 unspecified atom stereocenters. The van der Waals surface area contributed by atoms with Crippen LogP contribution in [0.5, 0.6) is 5.75 Å². The van der Waals surface area contributed by atoms with Crippen molar-refractivity contribution < 1.29 is 4.74 Å². The number of ether oxygens (including phenoxy) is 1. The molecule has 0 aliphatic rings. The first-order chi connectivity index (χ1) is 13.2. The van der Waals surface area contributed by atoms with Gasteiger partial charge >= 0.3 is 0 Å². The summed E-state index contributed by atoms with van der Waals surface area (Å²) in [5.74, 6) is 1.25. The fourth-order valence-corrected chi connectivity index (χ4v) is 2.55. The van der Waals surface area contributed by atoms with Crippen LogP contribution in [0.3, 0.4) is 0 Å². The number of aliphatic imine (C=N–C) groups is 2. The summed E-state index contributed by atoms with van der Waals surface area (Å²) in [4.78, 5) is 12.7. The predicted molar refractivity (Wildman–Crippen MR) is 110 cm³/mol. The van der Waals surface area contributed by atoms with E-state index in [-0.39, 0.29) is 0 Å². The summed E-state index contributed by atoms with van der Waals surface area (Å²) in [6.45, 7) is 6.55. The molecule has 2 heterocycles. The van der Waals surface area contributed by atoms with Gasteiger partial charge in [-0.25, -0.2) is 9.51 Å². The van der Waals surface area contributed by atoms with Crippen LogP contribution in [-0.4, -0.2) is 40.7 Å². The summed E-state index contributed by atoms with van der Waals surface area (Å²) in [5.41, 5.74) is 3.54. The Bertz CT molecular complexity index is 989. The van der Waals surface area contributed by atoms with Gasteiger partial charge in [0.2, 0.25) is 0 Å². The van der Waals surface area contributed by atoms with Gasteiger partial charge in [0.15, 0.2) is 5.65 Å². The van der Waals surface area contributed by atoms with Crippen LogP contribution in [-0.2, 0) is 6.54 Å². The van der Waals surface area contributed by atoms with Gasteiger partial charge in [-0.1, -0.05) is 18.2 Å². The number of nitrogens with zero attached hydrogens (tertiary/aromatic N) is 5. The van der Waals surface area contributed by atoms with E-state index in [1.807, 2.05) is 61.7 Å². The van der Waals surface area contributed by atoms with Gasteiger partial charge in [0.25, 0.3) is 5.95 Å². The summed E-state index contributed by atoms with van der Waals surface area (Å²) in [6.07, 6.45) is 5.62. The Labute approximate surface area is 158 Å². The molecule has 1 aromatic carbocycles. The van der Waals surface area contributed by atoms with Crippen molar-refractivity contribution in [3.63, 3.8) is 0 Å². The van der Waals surface area contributed by atoms with Crippen LogP contribution in [0.15, 0.2) is 64.7 Å². The Morgan fingerprint density at radius 3 is 3.04 bits per heavy atom. The molecule has 0 saturated heterocycles. The SMILES string of the molecule is C=NC/C=C\C(C)=Nc1nc2c(NCc3cccc(OC)c3)cccn2n1. The first-order valence-electron chi connectivity index (χ1n) is 8.56. The van der Waals surface area contributed by atoms with E-state index in [0.29, 0.717) is 19.0 Å². The highest BCUT2D eigenvalue weighted by molar-refractivity contribution is 5.94. The summed E-state index contributed by atoms with van der Waals surface area (Å²) >= 11 is 0. The zero-order valence-corrected chi connectivity index (χ0v) is 15.5. The van der Waals surface area contributed by atoms with Gasteiger partial charge in [-0.15, -0.1) is 5.10 Å². The minimum atomic E-state index is 0.416. The first-order valence-corrected chi connectivity index (χ1v) is 8.56. The standard InChI is InChI=1S/C20H22N6O/c1-15(7-5-11-21-2)23-20-24-19-18(10-6-12-26(19)25-20)22-14-16-8-4-9-17(13-16)27-3/h4-10,12-13,22H,2,11,14H2,1,3H3/b7-5-,23-15?. The van der Waals surface area contributed by atoms with Crippen LogP contribution in [0.4, 0.5) is 11.6 Å². The summed E-state index contributed by atoms with van der Waals surface area (Å²) < 4.78 is 6.99. The number of rotatable bonds is 8. The number of fused-ring (bicyclic) bond motifs is 1. The third-order valence-electron chi connectivity index (χ3n) is 3.84. The lowest BCUT2D eigenvalue weighted by Crippen LogP contribution is -2.02. The number of pyridine rings is 1. The largest absolute Gasteiger partial charge is 0.497 e. The van der Waals surface area contributed by atoms with Crippen LogP contribution in [0, 0.1) is 0 Å². The number of hydrogen-bond acceptors (Lipinski definition) is 6. The Morgan fingerprint density at radius 2 is 2.22 bits per heavy atom. The first kappa shape index (κ1) is 18.3. The second kappa shape index (κ2) is 8.75. The lowest BCUT2D eigenvalue weighted by atomic mass is 10.2. The van der Waals surface area contributed by atoms with Gasteiger partial charge < -0.3 is 10.1 Å². The molecule has 0 aliphatic carbocycles. The zero-order chi connectivity index (χ0) is 19.1. The van der Waals surface area contributed by atoms with Crippen molar-refractivity contribution in [2.45, 2.75) is 13.5 Å². The van der Waals surface area contributed by atoms with E-state index in [0.717, 1.165) is 28.4 Å². The van der Waals surface area contributed by atoms with Crippen molar-refractivity contribution in [3.8, 4) is 5.75 Å². The normalized spacial score (nSPS) is 11.9. The number of aromatic nitrogens is 3. The van der Waals surface area contributed by atoms with Crippen LogP contribution >= 0.6 is 0 Å². The summed E-state index contributed by atoms with van der Waals surface area (Å²) in [6, 6.07) is 11.8. The second-order valence-electron chi connectivity index (χ2n) is 5.87. The lowest BCUT2D eigenvalue weighted by Gasteiger charge is -2.08. The van der Waals surface area contributed by atoms with Gasteiger partial charge in [0.1, 0.15) is 5.75 Å². The maximum absolute atomic E-state index is 5.27. The highest BCUT2D eigenvalue weighted by atomic mass is 16.5. The molecular weight excluding hydrogens is 340 g/mol. The average Bonchev–Trinajstić information content (AvgIpc) is 3.09. The molecule has 0 fully saturated rings. The highest BCUT2D eigenvalue weighted by Crippen LogP contribution is 2.20. The van der Waals surface area contributed by atoms with Crippen LogP contribution in [0.1, 0.15) is 12.5 Å². The number of benzene rings is 1. The molecule has 7 heteroatoms. The van der Waals surface area contributed by atoms with Crippen molar-refractivity contribution >= 4 is 29.7 Å². The molecule has 7 nitrogen and oxygen atoms in total. The molecular formula is C20H22N6O. The minimum absolute atomic E-state index is 0.416. The molecule has 0 saturated carbocycles. The molecule has 0 atom stereocenters. The highest BCUT2D eigenvalue weighted by Gasteiger charge is 2.07. The number of hydrogen-bond donors (Lipinski definition) is 1. The molecule has 2 aromatic heterocycles. The van der Waals surface area contributed by atoms with E-state index in [1.165, 1.54) is 0 Å². The van der Waals surface area contributed by atoms with Crippen LogP contribution < -0.4 is 10.1 Å². The Kier molecular flexibility index (Phi) is 5.94. The van der Waals surface area contributed by atoms with Gasteiger partial charge in [0, 0.05) is 18.5 Å².